The van der Waals surface area contributed by atoms with Crippen molar-refractivity contribution in [2.75, 3.05) is 13.3 Å². The third kappa shape index (κ3) is 3.55. The number of amides is 1. The number of hydrogen-bond donors (Lipinski definition) is 1. The fourth-order valence-electron chi connectivity index (χ4n) is 3.20. The van der Waals surface area contributed by atoms with Crippen LogP contribution in [0.15, 0.2) is 48.5 Å². The first-order chi connectivity index (χ1) is 12.7. The Balaban J connectivity index is 1.68. The standard InChI is InChI=1S/C20H21NO5/c1-2-7-19(23)21(13-22)26-20(24)25-12-18-16-10-5-3-8-14(16)15-9-4-6-11-17(15)18/h3-6,8-11,18,22H,2,7,12-13H2,1H3. The van der Waals surface area contributed by atoms with Crippen LogP contribution in [0.1, 0.15) is 36.8 Å². The monoisotopic (exact) mass is 355 g/mol. The molecule has 0 unspecified atom stereocenters. The highest BCUT2D eigenvalue weighted by Gasteiger charge is 2.29. The van der Waals surface area contributed by atoms with Crippen LogP contribution in [-0.4, -0.2) is 35.6 Å². The Morgan fingerprint density at radius 1 is 1.04 bits per heavy atom. The molecular formula is C20H21NO5. The number of rotatable bonds is 5. The van der Waals surface area contributed by atoms with E-state index in [4.69, 9.17) is 9.57 Å². The number of carbonyl (C=O) groups excluding carboxylic acids is 2. The Labute approximate surface area is 151 Å². The summed E-state index contributed by atoms with van der Waals surface area (Å²) in [5.41, 5.74) is 4.42. The van der Waals surface area contributed by atoms with Crippen LogP contribution in [0.2, 0.25) is 0 Å². The molecule has 136 valence electrons. The van der Waals surface area contributed by atoms with Crippen LogP contribution >= 0.6 is 0 Å². The Morgan fingerprint density at radius 2 is 1.62 bits per heavy atom. The molecule has 0 radical (unpaired) electrons. The summed E-state index contributed by atoms with van der Waals surface area (Å²) in [6.07, 6.45) is -0.244. The first-order valence-corrected chi connectivity index (χ1v) is 8.59. The van der Waals surface area contributed by atoms with Crippen LogP contribution < -0.4 is 0 Å². The fourth-order valence-corrected chi connectivity index (χ4v) is 3.20. The van der Waals surface area contributed by atoms with Gasteiger partial charge in [-0.15, -0.1) is 5.06 Å². The molecular weight excluding hydrogens is 334 g/mol. The van der Waals surface area contributed by atoms with Gasteiger partial charge in [0, 0.05) is 12.3 Å². The quantitative estimate of drug-likeness (QED) is 0.505. The topological polar surface area (TPSA) is 76.1 Å². The molecule has 1 aliphatic rings. The van der Waals surface area contributed by atoms with Crippen molar-refractivity contribution in [2.24, 2.45) is 0 Å². The van der Waals surface area contributed by atoms with Crippen molar-refractivity contribution >= 4 is 12.1 Å². The van der Waals surface area contributed by atoms with Gasteiger partial charge in [0.1, 0.15) is 6.61 Å². The second-order valence-electron chi connectivity index (χ2n) is 6.04. The van der Waals surface area contributed by atoms with E-state index < -0.39 is 18.8 Å². The van der Waals surface area contributed by atoms with Gasteiger partial charge in [-0.1, -0.05) is 55.5 Å². The van der Waals surface area contributed by atoms with E-state index in [-0.39, 0.29) is 18.9 Å². The minimum Gasteiger partial charge on any atom is -0.432 e. The molecule has 0 bridgehead atoms. The van der Waals surface area contributed by atoms with Crippen molar-refractivity contribution in [1.82, 2.24) is 5.06 Å². The van der Waals surface area contributed by atoms with Gasteiger partial charge in [-0.05, 0) is 28.7 Å². The van der Waals surface area contributed by atoms with E-state index >= 15 is 0 Å². The van der Waals surface area contributed by atoms with Crippen LogP contribution in [0.3, 0.4) is 0 Å². The number of benzene rings is 2. The van der Waals surface area contributed by atoms with Gasteiger partial charge in [0.2, 0.25) is 0 Å². The summed E-state index contributed by atoms with van der Waals surface area (Å²) in [7, 11) is 0. The highest BCUT2D eigenvalue weighted by molar-refractivity contribution is 5.79. The van der Waals surface area contributed by atoms with E-state index in [0.29, 0.717) is 11.5 Å². The van der Waals surface area contributed by atoms with Gasteiger partial charge in [-0.2, -0.15) is 0 Å². The molecule has 0 saturated heterocycles. The van der Waals surface area contributed by atoms with Crippen LogP contribution in [0.4, 0.5) is 4.79 Å². The second kappa shape index (κ2) is 8.01. The first kappa shape index (κ1) is 17.9. The van der Waals surface area contributed by atoms with Gasteiger partial charge in [-0.25, -0.2) is 4.79 Å². The number of hydroxylamine groups is 2. The summed E-state index contributed by atoms with van der Waals surface area (Å²) in [5, 5.41) is 9.80. The maximum Gasteiger partial charge on any atom is 0.533 e. The third-order valence-electron chi connectivity index (χ3n) is 4.39. The number of carbonyl (C=O) groups is 2. The molecule has 0 spiro atoms. The van der Waals surface area contributed by atoms with Crippen molar-refractivity contribution in [1.29, 1.82) is 0 Å². The largest absolute Gasteiger partial charge is 0.533 e. The van der Waals surface area contributed by atoms with Crippen LogP contribution in [0, 0.1) is 0 Å². The Morgan fingerprint density at radius 3 is 2.15 bits per heavy atom. The fraction of sp³-hybridized carbons (Fsp3) is 0.300. The smallest absolute Gasteiger partial charge is 0.432 e. The predicted octanol–water partition coefficient (Wildman–Crippen LogP) is 3.45. The molecule has 3 rings (SSSR count). The molecule has 2 aromatic carbocycles. The summed E-state index contributed by atoms with van der Waals surface area (Å²) in [6, 6.07) is 16.0. The molecule has 1 amide bonds. The Bertz CT molecular complexity index is 759. The summed E-state index contributed by atoms with van der Waals surface area (Å²) in [5.74, 6) is -0.563. The maximum atomic E-state index is 12.0. The van der Waals surface area contributed by atoms with Crippen molar-refractivity contribution in [3.63, 3.8) is 0 Å². The molecule has 1 N–H and O–H groups in total. The lowest BCUT2D eigenvalue weighted by atomic mass is 9.98. The molecule has 0 atom stereocenters. The maximum absolute atomic E-state index is 12.0. The van der Waals surface area contributed by atoms with E-state index in [1.807, 2.05) is 55.5 Å². The molecule has 0 aromatic heterocycles. The number of aliphatic hydroxyl groups is 1. The van der Waals surface area contributed by atoms with Gasteiger partial charge in [0.05, 0.1) is 0 Å². The zero-order chi connectivity index (χ0) is 18.5. The molecule has 0 heterocycles. The van der Waals surface area contributed by atoms with Gasteiger partial charge in [-0.3, -0.25) is 4.79 Å². The highest BCUT2D eigenvalue weighted by atomic mass is 16.8. The molecule has 6 nitrogen and oxygen atoms in total. The normalized spacial score (nSPS) is 12.2. The number of ether oxygens (including phenoxy) is 1. The molecule has 6 heteroatoms. The average molecular weight is 355 g/mol. The zero-order valence-electron chi connectivity index (χ0n) is 14.6. The number of fused-ring (bicyclic) bond motifs is 3. The molecule has 0 saturated carbocycles. The van der Waals surface area contributed by atoms with E-state index in [1.54, 1.807) is 0 Å². The predicted molar refractivity (Wildman–Crippen MR) is 95.0 cm³/mol. The lowest BCUT2D eigenvalue weighted by Gasteiger charge is -2.19. The average Bonchev–Trinajstić information content (AvgIpc) is 2.98. The summed E-state index contributed by atoms with van der Waals surface area (Å²) >= 11 is 0. The minimum atomic E-state index is -1.01. The van der Waals surface area contributed by atoms with Crippen molar-refractivity contribution in [3.05, 3.63) is 59.7 Å². The van der Waals surface area contributed by atoms with Crippen molar-refractivity contribution in [2.45, 2.75) is 25.7 Å². The second-order valence-corrected chi connectivity index (χ2v) is 6.04. The van der Waals surface area contributed by atoms with Crippen LogP contribution in [-0.2, 0) is 14.4 Å². The minimum absolute atomic E-state index is 0.0914. The molecule has 0 aliphatic heterocycles. The zero-order valence-corrected chi connectivity index (χ0v) is 14.6. The van der Waals surface area contributed by atoms with Gasteiger partial charge >= 0.3 is 6.16 Å². The number of nitrogens with zero attached hydrogens (tertiary/aromatic N) is 1. The van der Waals surface area contributed by atoms with Crippen molar-refractivity contribution < 1.29 is 24.3 Å². The van der Waals surface area contributed by atoms with E-state index in [2.05, 4.69) is 0 Å². The SMILES string of the molecule is CCCC(=O)N(CO)OC(=O)OCC1c2ccccc2-c2ccccc21. The Kier molecular flexibility index (Phi) is 5.53. The third-order valence-corrected chi connectivity index (χ3v) is 4.39. The number of hydrogen-bond acceptors (Lipinski definition) is 5. The lowest BCUT2D eigenvalue weighted by molar-refractivity contribution is -0.189. The molecule has 0 fully saturated rings. The van der Waals surface area contributed by atoms with Gasteiger partial charge < -0.3 is 14.7 Å². The summed E-state index contributed by atoms with van der Waals surface area (Å²) in [6.45, 7) is 1.21. The van der Waals surface area contributed by atoms with Crippen LogP contribution in [0.25, 0.3) is 11.1 Å². The van der Waals surface area contributed by atoms with E-state index in [9.17, 15) is 14.7 Å². The highest BCUT2D eigenvalue weighted by Crippen LogP contribution is 2.44. The summed E-state index contributed by atoms with van der Waals surface area (Å²) in [4.78, 5) is 28.5. The molecule has 1 aliphatic carbocycles. The number of aliphatic hydroxyl groups excluding tert-OH is 1. The molecule has 2 aromatic rings. The lowest BCUT2D eigenvalue weighted by Crippen LogP contribution is -2.34. The van der Waals surface area contributed by atoms with Crippen LogP contribution in [0.5, 0.6) is 0 Å². The van der Waals surface area contributed by atoms with E-state index in [0.717, 1.165) is 22.3 Å². The Hall–Kier alpha value is -2.86. The summed E-state index contributed by atoms with van der Waals surface area (Å²) < 4.78 is 5.23. The first-order valence-electron chi connectivity index (χ1n) is 8.59. The van der Waals surface area contributed by atoms with Gasteiger partial charge in [0.25, 0.3) is 5.91 Å². The van der Waals surface area contributed by atoms with Gasteiger partial charge in [0.15, 0.2) is 6.73 Å². The van der Waals surface area contributed by atoms with E-state index in [1.165, 1.54) is 0 Å². The van der Waals surface area contributed by atoms with Crippen molar-refractivity contribution in [3.8, 4) is 11.1 Å². The molecule has 26 heavy (non-hydrogen) atoms.